The summed E-state index contributed by atoms with van der Waals surface area (Å²) in [6.07, 6.45) is 7.50. The fourth-order valence-corrected chi connectivity index (χ4v) is 7.48. The minimum atomic E-state index is 0. The predicted octanol–water partition coefficient (Wildman–Crippen LogP) is 10.6. The Bertz CT molecular complexity index is 1750. The van der Waals surface area contributed by atoms with E-state index in [9.17, 15) is 0 Å². The Morgan fingerprint density at radius 2 is 1.20 bits per heavy atom. The minimum absolute atomic E-state index is 0. The van der Waals surface area contributed by atoms with Gasteiger partial charge in [-0.3, -0.25) is 0 Å². The second kappa shape index (κ2) is 11.7. The van der Waals surface area contributed by atoms with Gasteiger partial charge in [0.2, 0.25) is 0 Å². The van der Waals surface area contributed by atoms with E-state index in [0.717, 1.165) is 22.5 Å². The Labute approximate surface area is 278 Å². The van der Waals surface area contributed by atoms with Gasteiger partial charge in [0.15, 0.2) is 0 Å². The van der Waals surface area contributed by atoms with E-state index in [-0.39, 0.29) is 41.8 Å². The van der Waals surface area contributed by atoms with Crippen LogP contribution in [-0.4, -0.2) is 9.97 Å². The van der Waals surface area contributed by atoms with Crippen molar-refractivity contribution in [2.24, 2.45) is 0 Å². The summed E-state index contributed by atoms with van der Waals surface area (Å²) in [6, 6.07) is 32.1. The van der Waals surface area contributed by atoms with E-state index in [4.69, 9.17) is 4.98 Å². The molecule has 2 aliphatic rings. The number of benzene rings is 3. The second-order valence-electron chi connectivity index (χ2n) is 15.2. The van der Waals surface area contributed by atoms with Crippen molar-refractivity contribution in [1.29, 1.82) is 0 Å². The third-order valence-electron chi connectivity index (χ3n) is 9.91. The third kappa shape index (κ3) is 6.06. The van der Waals surface area contributed by atoms with Gasteiger partial charge in [-0.2, -0.15) is 0 Å². The van der Waals surface area contributed by atoms with Gasteiger partial charge in [-0.05, 0) is 86.3 Å². The molecule has 2 aromatic heterocycles. The maximum absolute atomic E-state index is 4.89. The normalized spacial score (nSPS) is 18.3. The standard InChI is InChI=1S/C30H36N.C11H8N.Ir/c1-27(2)11-12-28(3,4)25-15-21-17-31-26(16-20(21)14-24(25)27)19-9-10-22-23(13-19)30(7,8)18-29(22,5)6;1-2-6-10(7-3-1)11-8-4-5-9-12-11;/h10,13-17H,11-12,18H2,1-8H3;1-6,8-9H;/q2*-1;. The first-order chi connectivity index (χ1) is 20.3. The van der Waals surface area contributed by atoms with E-state index >= 15 is 0 Å². The zero-order chi connectivity index (χ0) is 30.6. The maximum Gasteiger partial charge on any atom is 0.0239 e. The Morgan fingerprint density at radius 1 is 0.568 bits per heavy atom. The van der Waals surface area contributed by atoms with E-state index < -0.39 is 0 Å². The van der Waals surface area contributed by atoms with Gasteiger partial charge < -0.3 is 9.97 Å². The van der Waals surface area contributed by atoms with Crippen molar-refractivity contribution >= 4 is 10.8 Å². The maximum atomic E-state index is 4.89. The Balaban J connectivity index is 0.000000248. The predicted molar refractivity (Wildman–Crippen MR) is 180 cm³/mol. The first-order valence-electron chi connectivity index (χ1n) is 15.7. The smallest absolute Gasteiger partial charge is 0.0239 e. The summed E-state index contributed by atoms with van der Waals surface area (Å²) >= 11 is 0. The monoisotopic (exact) mass is 757 g/mol. The number of pyridine rings is 2. The van der Waals surface area contributed by atoms with Crippen LogP contribution in [0.3, 0.4) is 0 Å². The van der Waals surface area contributed by atoms with E-state index in [2.05, 4.69) is 109 Å². The van der Waals surface area contributed by atoms with Crippen LogP contribution < -0.4 is 0 Å². The number of nitrogens with zero attached hydrogens (tertiary/aromatic N) is 2. The van der Waals surface area contributed by atoms with E-state index in [0.29, 0.717) is 0 Å². The van der Waals surface area contributed by atoms with Gasteiger partial charge in [-0.25, -0.2) is 0 Å². The van der Waals surface area contributed by atoms with Gasteiger partial charge in [0, 0.05) is 32.5 Å². The van der Waals surface area contributed by atoms with Crippen LogP contribution in [-0.2, 0) is 41.8 Å². The van der Waals surface area contributed by atoms with Crippen LogP contribution in [0.1, 0.15) is 96.9 Å². The van der Waals surface area contributed by atoms with Crippen LogP contribution in [0, 0.1) is 12.1 Å². The summed E-state index contributed by atoms with van der Waals surface area (Å²) in [5.41, 5.74) is 10.9. The Hall–Kier alpha value is -3.13. The average molecular weight is 757 g/mol. The molecule has 2 heterocycles. The van der Waals surface area contributed by atoms with Crippen molar-refractivity contribution in [2.45, 2.75) is 96.3 Å². The van der Waals surface area contributed by atoms with E-state index in [1.807, 2.05) is 42.5 Å². The molecule has 0 saturated carbocycles. The molecule has 44 heavy (non-hydrogen) atoms. The molecule has 0 bridgehead atoms. The zero-order valence-electron chi connectivity index (χ0n) is 27.4. The van der Waals surface area contributed by atoms with Gasteiger partial charge in [0.05, 0.1) is 0 Å². The van der Waals surface area contributed by atoms with Gasteiger partial charge >= 0.3 is 0 Å². The SMILES string of the molecule is CC1(C)CCC(C)(C)c2cc3cc(-c4[c-]cc5c(c4)C(C)(C)CC5(C)C)ncc3cc21.[Ir].[c-]1ccccc1-c1ccccn1. The molecule has 0 N–H and O–H groups in total. The number of rotatable bonds is 2. The largest absolute Gasteiger partial charge is 0.305 e. The first kappa shape index (κ1) is 32.3. The van der Waals surface area contributed by atoms with Crippen molar-refractivity contribution in [3.05, 3.63) is 120 Å². The van der Waals surface area contributed by atoms with Gasteiger partial charge in [-0.15, -0.1) is 70.8 Å². The number of aromatic nitrogens is 2. The molecule has 3 aromatic carbocycles. The van der Waals surface area contributed by atoms with Crippen LogP contribution in [0.4, 0.5) is 0 Å². The number of fused-ring (bicyclic) bond motifs is 3. The summed E-state index contributed by atoms with van der Waals surface area (Å²) < 4.78 is 0. The molecule has 0 aliphatic heterocycles. The van der Waals surface area contributed by atoms with Crippen molar-refractivity contribution < 1.29 is 20.1 Å². The second-order valence-corrected chi connectivity index (χ2v) is 15.2. The van der Waals surface area contributed by atoms with Crippen molar-refractivity contribution in [2.75, 3.05) is 0 Å². The molecule has 229 valence electrons. The molecule has 0 atom stereocenters. The van der Waals surface area contributed by atoms with Crippen LogP contribution in [0.15, 0.2) is 85.2 Å². The molecule has 2 nitrogen and oxygen atoms in total. The molecular formula is C41H44IrN2-2. The molecule has 0 unspecified atom stereocenters. The summed E-state index contributed by atoms with van der Waals surface area (Å²) in [5.74, 6) is 0. The molecule has 1 radical (unpaired) electrons. The molecule has 0 saturated heterocycles. The topological polar surface area (TPSA) is 25.8 Å². The minimum Gasteiger partial charge on any atom is -0.305 e. The molecule has 0 amide bonds. The van der Waals surface area contributed by atoms with Gasteiger partial charge in [0.1, 0.15) is 0 Å². The van der Waals surface area contributed by atoms with Gasteiger partial charge in [0.25, 0.3) is 0 Å². The Morgan fingerprint density at radius 3 is 1.84 bits per heavy atom. The zero-order valence-corrected chi connectivity index (χ0v) is 29.8. The van der Waals surface area contributed by atoms with Crippen molar-refractivity contribution in [3.63, 3.8) is 0 Å². The molecule has 2 aliphatic carbocycles. The quantitative estimate of drug-likeness (QED) is 0.168. The van der Waals surface area contributed by atoms with E-state index in [1.165, 1.54) is 52.3 Å². The summed E-state index contributed by atoms with van der Waals surface area (Å²) in [5, 5.41) is 2.54. The number of hydrogen-bond donors (Lipinski definition) is 0. The van der Waals surface area contributed by atoms with Crippen LogP contribution in [0.25, 0.3) is 33.3 Å². The number of hydrogen-bond acceptors (Lipinski definition) is 2. The molecule has 0 fully saturated rings. The van der Waals surface area contributed by atoms with Crippen LogP contribution >= 0.6 is 0 Å². The molecule has 0 spiro atoms. The molecular weight excluding hydrogens is 713 g/mol. The van der Waals surface area contributed by atoms with Crippen LogP contribution in [0.5, 0.6) is 0 Å². The van der Waals surface area contributed by atoms with Crippen molar-refractivity contribution in [1.82, 2.24) is 9.97 Å². The summed E-state index contributed by atoms with van der Waals surface area (Å²) in [7, 11) is 0. The Kier molecular flexibility index (Phi) is 8.55. The van der Waals surface area contributed by atoms with Gasteiger partial charge in [-0.1, -0.05) is 79.7 Å². The summed E-state index contributed by atoms with van der Waals surface area (Å²) in [4.78, 5) is 9.11. The van der Waals surface area contributed by atoms with Crippen molar-refractivity contribution in [3.8, 4) is 22.5 Å². The molecule has 7 rings (SSSR count). The average Bonchev–Trinajstić information content (AvgIpc) is 3.18. The third-order valence-corrected chi connectivity index (χ3v) is 9.91. The molecule has 3 heteroatoms. The molecule has 5 aromatic rings. The summed E-state index contributed by atoms with van der Waals surface area (Å²) in [6.45, 7) is 19.0. The van der Waals surface area contributed by atoms with E-state index in [1.54, 1.807) is 6.20 Å². The fraction of sp³-hybridized carbons (Fsp3) is 0.366. The fourth-order valence-electron chi connectivity index (χ4n) is 7.48. The first-order valence-corrected chi connectivity index (χ1v) is 15.7. The van der Waals surface area contributed by atoms with Crippen LogP contribution in [0.2, 0.25) is 0 Å².